The molecule has 0 bridgehead atoms. The minimum Gasteiger partial charge on any atom is -0.508 e. The molecule has 0 saturated heterocycles. The molecule has 0 aromatic heterocycles. The number of nitrogens with two attached hydrogens (primary N) is 3. The predicted octanol–water partition coefficient (Wildman–Crippen LogP) is -0.121. The summed E-state index contributed by atoms with van der Waals surface area (Å²) < 4.78 is 0. The highest BCUT2D eigenvalue weighted by atomic mass is 16.3. The maximum absolute atomic E-state index is 12.8. The minimum absolute atomic E-state index is 0.0512. The normalized spacial score (nSPS) is 12.6. The first-order valence-corrected chi connectivity index (χ1v) is 10.3. The molecule has 1 aromatic carbocycles. The number of aliphatic imine (C=N–C) groups is 1. The van der Waals surface area contributed by atoms with E-state index in [2.05, 4.69) is 15.6 Å². The van der Waals surface area contributed by atoms with Gasteiger partial charge in [-0.15, -0.1) is 0 Å². The summed E-state index contributed by atoms with van der Waals surface area (Å²) in [6, 6.07) is 4.42. The van der Waals surface area contributed by atoms with Gasteiger partial charge in [-0.1, -0.05) is 26.0 Å². The van der Waals surface area contributed by atoms with E-state index in [0.29, 0.717) is 43.7 Å². The van der Waals surface area contributed by atoms with Gasteiger partial charge in [0.1, 0.15) is 17.8 Å². The Labute approximate surface area is 182 Å². The van der Waals surface area contributed by atoms with E-state index in [1.165, 1.54) is 12.1 Å². The number of benzene rings is 1. The lowest BCUT2D eigenvalue weighted by Crippen LogP contribution is -2.53. The summed E-state index contributed by atoms with van der Waals surface area (Å²) in [7, 11) is 0. The summed E-state index contributed by atoms with van der Waals surface area (Å²) in [5, 5.41) is 14.7. The Kier molecular flexibility index (Phi) is 10.9. The molecular weight excluding hydrogens is 400 g/mol. The van der Waals surface area contributed by atoms with Gasteiger partial charge in [-0.25, -0.2) is 0 Å². The van der Waals surface area contributed by atoms with Crippen LogP contribution in [0.25, 0.3) is 0 Å². The van der Waals surface area contributed by atoms with Crippen LogP contribution < -0.4 is 27.8 Å². The maximum Gasteiger partial charge on any atom is 0.243 e. The van der Waals surface area contributed by atoms with Crippen molar-refractivity contribution in [3.05, 3.63) is 29.8 Å². The molecule has 1 aromatic rings. The number of aromatic hydroxyl groups is 1. The second kappa shape index (κ2) is 13.1. The zero-order valence-corrected chi connectivity index (χ0v) is 18.1. The summed E-state index contributed by atoms with van der Waals surface area (Å²) in [4.78, 5) is 40.9. The van der Waals surface area contributed by atoms with Crippen molar-refractivity contribution in [1.82, 2.24) is 10.6 Å². The van der Waals surface area contributed by atoms with Crippen LogP contribution in [-0.2, 0) is 20.8 Å². The lowest BCUT2D eigenvalue weighted by molar-refractivity contribution is -0.131. The summed E-state index contributed by atoms with van der Waals surface area (Å²) in [6.07, 6.45) is 1.89. The number of hydrogen-bond donors (Lipinski definition) is 6. The van der Waals surface area contributed by atoms with Gasteiger partial charge in [0.15, 0.2) is 5.96 Å². The fourth-order valence-electron chi connectivity index (χ4n) is 2.82. The largest absolute Gasteiger partial charge is 0.508 e. The highest BCUT2D eigenvalue weighted by Gasteiger charge is 2.25. The van der Waals surface area contributed by atoms with Crippen LogP contribution in [0.5, 0.6) is 5.75 Å². The van der Waals surface area contributed by atoms with Crippen molar-refractivity contribution in [2.75, 3.05) is 6.54 Å². The van der Waals surface area contributed by atoms with Gasteiger partial charge in [-0.3, -0.25) is 19.4 Å². The first-order chi connectivity index (χ1) is 14.6. The smallest absolute Gasteiger partial charge is 0.243 e. The molecule has 0 aliphatic heterocycles. The molecule has 0 aliphatic carbocycles. The van der Waals surface area contributed by atoms with Gasteiger partial charge < -0.3 is 32.9 Å². The van der Waals surface area contributed by atoms with Gasteiger partial charge in [0.25, 0.3) is 0 Å². The molecular formula is C21H34N6O4. The van der Waals surface area contributed by atoms with Gasteiger partial charge in [-0.2, -0.15) is 0 Å². The molecule has 0 spiro atoms. The molecule has 31 heavy (non-hydrogen) atoms. The van der Waals surface area contributed by atoms with Gasteiger partial charge in [0.05, 0.1) is 0 Å². The highest BCUT2D eigenvalue weighted by molar-refractivity contribution is 5.91. The number of hydrogen-bond acceptors (Lipinski definition) is 5. The molecule has 3 amide bonds. The minimum atomic E-state index is -0.968. The van der Waals surface area contributed by atoms with E-state index in [0.717, 1.165) is 0 Å². The van der Waals surface area contributed by atoms with E-state index in [4.69, 9.17) is 17.2 Å². The van der Waals surface area contributed by atoms with E-state index in [-0.39, 0.29) is 24.0 Å². The molecule has 0 aliphatic rings. The van der Waals surface area contributed by atoms with Crippen molar-refractivity contribution in [2.24, 2.45) is 28.1 Å². The number of rotatable bonds is 13. The molecule has 1 rings (SSSR count). The number of carbonyl (C=O) groups is 3. The van der Waals surface area contributed by atoms with Crippen LogP contribution in [0, 0.1) is 5.92 Å². The third-order valence-electron chi connectivity index (χ3n) is 4.58. The Bertz CT molecular complexity index is 760. The second-order valence-corrected chi connectivity index (χ2v) is 7.84. The van der Waals surface area contributed by atoms with E-state index in [9.17, 15) is 19.5 Å². The standard InChI is InChI=1S/C21H34N6O4/c1-13(2)5-10-18(29)26-16(4-3-11-25-21(23)24)20(31)27-17(19(22)30)12-14-6-8-15(28)9-7-14/h6-9,13,16-17,28H,3-5,10-12H2,1-2H3,(H2,22,30)(H,26,29)(H,27,31)(H4,23,24,25). The number of amides is 3. The van der Waals surface area contributed by atoms with Crippen LogP contribution in [0.15, 0.2) is 29.3 Å². The molecule has 2 unspecified atom stereocenters. The van der Waals surface area contributed by atoms with Gasteiger partial charge in [0.2, 0.25) is 17.7 Å². The van der Waals surface area contributed by atoms with Crippen LogP contribution in [0.3, 0.4) is 0 Å². The zero-order chi connectivity index (χ0) is 23.4. The van der Waals surface area contributed by atoms with Gasteiger partial charge in [0, 0.05) is 19.4 Å². The predicted molar refractivity (Wildman–Crippen MR) is 119 cm³/mol. The summed E-state index contributed by atoms with van der Waals surface area (Å²) in [5.74, 6) is -1.07. The monoisotopic (exact) mass is 434 g/mol. The van der Waals surface area contributed by atoms with Crippen molar-refractivity contribution < 1.29 is 19.5 Å². The number of phenolic OH excluding ortho intramolecular Hbond substituents is 1. The topological polar surface area (TPSA) is 186 Å². The molecule has 0 fully saturated rings. The first-order valence-electron chi connectivity index (χ1n) is 10.3. The average molecular weight is 435 g/mol. The number of primary amides is 1. The van der Waals surface area contributed by atoms with E-state index < -0.39 is 23.9 Å². The number of nitrogens with zero attached hydrogens (tertiary/aromatic N) is 1. The van der Waals surface area contributed by atoms with Crippen LogP contribution >= 0.6 is 0 Å². The number of nitrogens with one attached hydrogen (secondary N) is 2. The van der Waals surface area contributed by atoms with Crippen molar-refractivity contribution in [3.8, 4) is 5.75 Å². The van der Waals surface area contributed by atoms with Crippen molar-refractivity contribution in [2.45, 2.75) is 58.0 Å². The van der Waals surface area contributed by atoms with Crippen molar-refractivity contribution in [1.29, 1.82) is 0 Å². The second-order valence-electron chi connectivity index (χ2n) is 7.84. The lowest BCUT2D eigenvalue weighted by Gasteiger charge is -2.22. The molecule has 10 heteroatoms. The Hall–Kier alpha value is -3.30. The number of carbonyl (C=O) groups excluding carboxylic acids is 3. The lowest BCUT2D eigenvalue weighted by atomic mass is 10.0. The molecule has 0 heterocycles. The zero-order valence-electron chi connectivity index (χ0n) is 18.1. The quantitative estimate of drug-likeness (QED) is 0.143. The number of guanidine groups is 1. The van der Waals surface area contributed by atoms with Crippen molar-refractivity contribution in [3.63, 3.8) is 0 Å². The van der Waals surface area contributed by atoms with Crippen LogP contribution in [0.1, 0.15) is 45.1 Å². The number of phenols is 1. The van der Waals surface area contributed by atoms with E-state index in [1.807, 2.05) is 13.8 Å². The Morgan fingerprint density at radius 1 is 1.00 bits per heavy atom. The SMILES string of the molecule is CC(C)CCC(=O)NC(CCCN=C(N)N)C(=O)NC(Cc1ccc(O)cc1)C(N)=O. The molecule has 9 N–H and O–H groups in total. The molecule has 10 nitrogen and oxygen atoms in total. The van der Waals surface area contributed by atoms with Crippen LogP contribution in [-0.4, -0.2) is 47.4 Å². The fraction of sp³-hybridized carbons (Fsp3) is 0.524. The summed E-state index contributed by atoms with van der Waals surface area (Å²) >= 11 is 0. The molecule has 0 radical (unpaired) electrons. The van der Waals surface area contributed by atoms with Crippen LogP contribution in [0.4, 0.5) is 0 Å². The first kappa shape index (κ1) is 25.7. The fourth-order valence-corrected chi connectivity index (χ4v) is 2.82. The average Bonchev–Trinajstić information content (AvgIpc) is 2.69. The third kappa shape index (κ3) is 10.9. The third-order valence-corrected chi connectivity index (χ3v) is 4.58. The molecule has 2 atom stereocenters. The Balaban J connectivity index is 2.82. The molecule has 0 saturated carbocycles. The summed E-state index contributed by atoms with van der Waals surface area (Å²) in [6.45, 7) is 4.32. The van der Waals surface area contributed by atoms with Crippen LogP contribution in [0.2, 0.25) is 0 Å². The van der Waals surface area contributed by atoms with Gasteiger partial charge >= 0.3 is 0 Å². The Morgan fingerprint density at radius 2 is 1.65 bits per heavy atom. The van der Waals surface area contributed by atoms with Gasteiger partial charge in [-0.05, 0) is 42.9 Å². The molecule has 172 valence electrons. The highest BCUT2D eigenvalue weighted by Crippen LogP contribution is 2.12. The van der Waals surface area contributed by atoms with E-state index in [1.54, 1.807) is 12.1 Å². The maximum atomic E-state index is 12.8. The van der Waals surface area contributed by atoms with E-state index >= 15 is 0 Å². The van der Waals surface area contributed by atoms with Crippen molar-refractivity contribution >= 4 is 23.7 Å². The Morgan fingerprint density at radius 3 is 2.19 bits per heavy atom. The summed E-state index contributed by atoms with van der Waals surface area (Å²) in [5.41, 5.74) is 16.8.